The molecule has 0 radical (unpaired) electrons. The van der Waals surface area contributed by atoms with Gasteiger partial charge in [-0.15, -0.1) is 24.8 Å². The molecular weight excluding hydrogens is 351 g/mol. The highest BCUT2D eigenvalue weighted by molar-refractivity contribution is 5.94. The number of nitrogens with two attached hydrogens (primary N) is 1. The highest BCUT2D eigenvalue weighted by atomic mass is 35.5. The van der Waals surface area contributed by atoms with E-state index in [0.29, 0.717) is 18.7 Å². The molecule has 8 heteroatoms. The summed E-state index contributed by atoms with van der Waals surface area (Å²) in [6.45, 7) is 2.55. The van der Waals surface area contributed by atoms with Crippen LogP contribution in [0.25, 0.3) is 0 Å². The third-order valence-electron chi connectivity index (χ3n) is 4.02. The number of benzene rings is 1. The molecule has 136 valence electrons. The number of likely N-dealkylation sites (N-methyl/N-ethyl adjacent to an activating group) is 1. The maximum absolute atomic E-state index is 12.2. The molecule has 0 saturated carbocycles. The molecule has 1 saturated heterocycles. The fourth-order valence-electron chi connectivity index (χ4n) is 2.58. The van der Waals surface area contributed by atoms with Gasteiger partial charge >= 0.3 is 0 Å². The summed E-state index contributed by atoms with van der Waals surface area (Å²) in [7, 11) is 1.64. The predicted octanol–water partition coefficient (Wildman–Crippen LogP) is 0.929. The number of amides is 2. The largest absolute Gasteiger partial charge is 0.358 e. The summed E-state index contributed by atoms with van der Waals surface area (Å²) >= 11 is 0. The molecule has 2 amide bonds. The van der Waals surface area contributed by atoms with Crippen LogP contribution in [0.2, 0.25) is 0 Å². The number of halogens is 2. The second kappa shape index (κ2) is 11.3. The van der Waals surface area contributed by atoms with Crippen LogP contribution < -0.4 is 16.4 Å². The highest BCUT2D eigenvalue weighted by Crippen LogP contribution is 2.11. The Morgan fingerprint density at radius 2 is 1.75 bits per heavy atom. The molecule has 1 aliphatic rings. The number of piperidine rings is 1. The molecule has 0 bridgehead atoms. The van der Waals surface area contributed by atoms with Crippen LogP contribution >= 0.6 is 24.8 Å². The van der Waals surface area contributed by atoms with E-state index in [1.807, 2.05) is 12.1 Å². The average molecular weight is 377 g/mol. The van der Waals surface area contributed by atoms with Crippen LogP contribution in [-0.2, 0) is 11.3 Å². The van der Waals surface area contributed by atoms with Gasteiger partial charge in [-0.2, -0.15) is 0 Å². The van der Waals surface area contributed by atoms with E-state index in [4.69, 9.17) is 5.73 Å². The number of hydrogen-bond acceptors (Lipinski definition) is 4. The van der Waals surface area contributed by atoms with Gasteiger partial charge in [0.25, 0.3) is 5.91 Å². The van der Waals surface area contributed by atoms with Crippen LogP contribution in [-0.4, -0.2) is 49.4 Å². The van der Waals surface area contributed by atoms with E-state index < -0.39 is 0 Å². The summed E-state index contributed by atoms with van der Waals surface area (Å²) in [6, 6.07) is 7.53. The third-order valence-corrected chi connectivity index (χ3v) is 4.02. The van der Waals surface area contributed by atoms with Crippen molar-refractivity contribution in [3.63, 3.8) is 0 Å². The van der Waals surface area contributed by atoms with E-state index in [1.165, 1.54) is 0 Å². The molecule has 1 aliphatic heterocycles. The molecule has 4 N–H and O–H groups in total. The maximum Gasteiger partial charge on any atom is 0.251 e. The fraction of sp³-hybridized carbons (Fsp3) is 0.500. The average Bonchev–Trinajstić information content (AvgIpc) is 2.56. The Labute approximate surface area is 155 Å². The molecule has 24 heavy (non-hydrogen) atoms. The van der Waals surface area contributed by atoms with Crippen LogP contribution in [0, 0.1) is 0 Å². The lowest BCUT2D eigenvalue weighted by Crippen LogP contribution is -2.47. The quantitative estimate of drug-likeness (QED) is 0.713. The molecule has 1 fully saturated rings. The van der Waals surface area contributed by atoms with Crippen LogP contribution in [0.3, 0.4) is 0 Å². The zero-order valence-electron chi connectivity index (χ0n) is 13.8. The second-order valence-corrected chi connectivity index (χ2v) is 5.60. The number of rotatable bonds is 5. The topological polar surface area (TPSA) is 87.5 Å². The minimum atomic E-state index is -0.0478. The first kappa shape index (κ1) is 22.7. The first-order valence-electron chi connectivity index (χ1n) is 7.65. The van der Waals surface area contributed by atoms with Crippen molar-refractivity contribution in [2.45, 2.75) is 25.4 Å². The molecule has 0 atom stereocenters. The first-order valence-corrected chi connectivity index (χ1v) is 7.65. The zero-order chi connectivity index (χ0) is 15.9. The number of carbonyl (C=O) groups is 2. The number of nitrogens with one attached hydrogen (secondary N) is 2. The van der Waals surface area contributed by atoms with Crippen molar-refractivity contribution in [2.75, 3.05) is 26.7 Å². The summed E-state index contributed by atoms with van der Waals surface area (Å²) in [5.74, 6) is -0.0178. The Kier molecular flexibility index (Phi) is 10.6. The lowest BCUT2D eigenvalue weighted by Gasteiger charge is -2.31. The van der Waals surface area contributed by atoms with Crippen molar-refractivity contribution in [3.05, 3.63) is 35.4 Å². The smallest absolute Gasteiger partial charge is 0.251 e. The Hall–Kier alpha value is -1.34. The van der Waals surface area contributed by atoms with Crippen molar-refractivity contribution in [3.8, 4) is 0 Å². The van der Waals surface area contributed by atoms with Gasteiger partial charge in [-0.05, 0) is 30.5 Å². The van der Waals surface area contributed by atoms with E-state index in [0.717, 1.165) is 31.5 Å². The Balaban J connectivity index is 0.00000264. The summed E-state index contributed by atoms with van der Waals surface area (Å²) in [5.41, 5.74) is 7.22. The molecule has 1 aromatic rings. The van der Waals surface area contributed by atoms with Gasteiger partial charge in [0, 0.05) is 38.3 Å². The molecular formula is C16H26Cl2N4O2. The van der Waals surface area contributed by atoms with E-state index in [1.54, 1.807) is 19.2 Å². The van der Waals surface area contributed by atoms with Gasteiger partial charge in [0.1, 0.15) is 0 Å². The van der Waals surface area contributed by atoms with Gasteiger partial charge in [0.05, 0.1) is 6.54 Å². The van der Waals surface area contributed by atoms with Gasteiger partial charge in [0.15, 0.2) is 0 Å². The van der Waals surface area contributed by atoms with Crippen LogP contribution in [0.1, 0.15) is 28.8 Å². The highest BCUT2D eigenvalue weighted by Gasteiger charge is 2.22. The summed E-state index contributed by atoms with van der Waals surface area (Å²) in [5, 5.41) is 5.69. The number of likely N-dealkylation sites (tertiary alicyclic amines) is 1. The van der Waals surface area contributed by atoms with Crippen LogP contribution in [0.15, 0.2) is 24.3 Å². The van der Waals surface area contributed by atoms with Crippen molar-refractivity contribution in [1.82, 2.24) is 15.5 Å². The number of carbonyl (C=O) groups excluding carboxylic acids is 2. The SMILES string of the molecule is CNC(=O)CN1CCC(NC(=O)c2ccc(CN)cc2)CC1.Cl.Cl. The maximum atomic E-state index is 12.2. The Morgan fingerprint density at radius 3 is 2.25 bits per heavy atom. The lowest BCUT2D eigenvalue weighted by atomic mass is 10.0. The second-order valence-electron chi connectivity index (χ2n) is 5.60. The van der Waals surface area contributed by atoms with Gasteiger partial charge in [-0.25, -0.2) is 0 Å². The zero-order valence-corrected chi connectivity index (χ0v) is 15.4. The van der Waals surface area contributed by atoms with Gasteiger partial charge in [0.2, 0.25) is 5.91 Å². The fourth-order valence-corrected chi connectivity index (χ4v) is 2.58. The molecule has 0 aliphatic carbocycles. The molecule has 1 aromatic carbocycles. The monoisotopic (exact) mass is 376 g/mol. The lowest BCUT2D eigenvalue weighted by molar-refractivity contribution is -0.122. The van der Waals surface area contributed by atoms with Gasteiger partial charge in [-0.1, -0.05) is 12.1 Å². The summed E-state index contributed by atoms with van der Waals surface area (Å²) in [6.07, 6.45) is 1.73. The van der Waals surface area contributed by atoms with Crippen LogP contribution in [0.5, 0.6) is 0 Å². The number of nitrogens with zero attached hydrogens (tertiary/aromatic N) is 1. The summed E-state index contributed by atoms with van der Waals surface area (Å²) in [4.78, 5) is 25.7. The van der Waals surface area contributed by atoms with Crippen molar-refractivity contribution < 1.29 is 9.59 Å². The summed E-state index contributed by atoms with van der Waals surface area (Å²) < 4.78 is 0. The van der Waals surface area contributed by atoms with Crippen molar-refractivity contribution in [2.24, 2.45) is 5.73 Å². The Bertz CT molecular complexity index is 517. The third kappa shape index (κ3) is 6.65. The van der Waals surface area contributed by atoms with E-state index >= 15 is 0 Å². The molecule has 6 nitrogen and oxygen atoms in total. The molecule has 1 heterocycles. The molecule has 0 aromatic heterocycles. The van der Waals surface area contributed by atoms with Gasteiger partial charge in [-0.3, -0.25) is 14.5 Å². The standard InChI is InChI=1S/C16H24N4O2.2ClH/c1-18-15(21)11-20-8-6-14(7-9-20)19-16(22)13-4-2-12(10-17)3-5-13;;/h2-5,14H,6-11,17H2,1H3,(H,18,21)(H,19,22);2*1H. The predicted molar refractivity (Wildman–Crippen MR) is 99.8 cm³/mol. The minimum Gasteiger partial charge on any atom is -0.358 e. The Morgan fingerprint density at radius 1 is 1.17 bits per heavy atom. The number of hydrogen-bond donors (Lipinski definition) is 3. The van der Waals surface area contributed by atoms with Gasteiger partial charge < -0.3 is 16.4 Å². The normalized spacial score (nSPS) is 14.9. The first-order chi connectivity index (χ1) is 10.6. The van der Waals surface area contributed by atoms with E-state index in [-0.39, 0.29) is 42.7 Å². The molecule has 2 rings (SSSR count). The minimum absolute atomic E-state index is 0. The van der Waals surface area contributed by atoms with Crippen molar-refractivity contribution >= 4 is 36.6 Å². The van der Waals surface area contributed by atoms with E-state index in [2.05, 4.69) is 15.5 Å². The van der Waals surface area contributed by atoms with Crippen LogP contribution in [0.4, 0.5) is 0 Å². The van der Waals surface area contributed by atoms with Crippen molar-refractivity contribution in [1.29, 1.82) is 0 Å². The molecule has 0 spiro atoms. The van der Waals surface area contributed by atoms with E-state index in [9.17, 15) is 9.59 Å². The molecule has 0 unspecified atom stereocenters.